The van der Waals surface area contributed by atoms with Crippen molar-refractivity contribution < 1.29 is 19.4 Å². The van der Waals surface area contributed by atoms with E-state index in [9.17, 15) is 9.59 Å². The minimum Gasteiger partial charge on any atom is -0.481 e. The fourth-order valence-electron chi connectivity index (χ4n) is 2.60. The van der Waals surface area contributed by atoms with Crippen LogP contribution in [0, 0.1) is 6.92 Å². The molecule has 4 nitrogen and oxygen atoms in total. The molecule has 0 aliphatic carbocycles. The molecule has 112 valence electrons. The van der Waals surface area contributed by atoms with Gasteiger partial charge in [0.05, 0.1) is 11.5 Å². The maximum atomic E-state index is 12.5. The van der Waals surface area contributed by atoms with Gasteiger partial charge in [0.25, 0.3) is 0 Å². The van der Waals surface area contributed by atoms with Crippen LogP contribution in [0.4, 0.5) is 0 Å². The average Bonchev–Trinajstić information content (AvgIpc) is 2.62. The smallest absolute Gasteiger partial charge is 0.310 e. The van der Waals surface area contributed by atoms with Crippen molar-refractivity contribution in [2.75, 3.05) is 0 Å². The van der Waals surface area contributed by atoms with E-state index in [1.54, 1.807) is 25.1 Å². The predicted octanol–water partition coefficient (Wildman–Crippen LogP) is 3.71. The normalized spacial score (nSPS) is 14.4. The molecule has 0 saturated carbocycles. The Morgan fingerprint density at radius 2 is 1.91 bits per heavy atom. The van der Waals surface area contributed by atoms with Crippen LogP contribution in [0.5, 0.6) is 11.5 Å². The maximum Gasteiger partial charge on any atom is 0.310 e. The highest BCUT2D eigenvalue weighted by molar-refractivity contribution is 6.01. The van der Waals surface area contributed by atoms with Crippen LogP contribution in [0.15, 0.2) is 36.4 Å². The number of aliphatic carboxylic acids is 1. The quantitative estimate of drug-likeness (QED) is 0.917. The highest BCUT2D eigenvalue weighted by Crippen LogP contribution is 2.35. The standard InChI is InChI=1S/C18H16O4/c1-10-3-5-16-13(7-10)9-15(19)14-8-12(11(2)18(20)21)4-6-17(14)22-16/h3-8,11H,9H2,1-2H3,(H,20,21)/t11-/m1/s1. The number of rotatable bonds is 2. The van der Waals surface area contributed by atoms with Gasteiger partial charge in [0.15, 0.2) is 5.78 Å². The van der Waals surface area contributed by atoms with Crippen molar-refractivity contribution >= 4 is 11.8 Å². The number of aryl methyl sites for hydroxylation is 1. The first-order valence-electron chi connectivity index (χ1n) is 7.13. The van der Waals surface area contributed by atoms with Gasteiger partial charge in [-0.05, 0) is 37.6 Å². The van der Waals surface area contributed by atoms with Crippen molar-refractivity contribution in [2.45, 2.75) is 26.2 Å². The molecule has 0 unspecified atom stereocenters. The summed E-state index contributed by atoms with van der Waals surface area (Å²) in [6.07, 6.45) is 0.259. The average molecular weight is 296 g/mol. The van der Waals surface area contributed by atoms with Crippen molar-refractivity contribution in [3.63, 3.8) is 0 Å². The number of fused-ring (bicyclic) bond motifs is 2. The van der Waals surface area contributed by atoms with E-state index in [4.69, 9.17) is 9.84 Å². The molecular formula is C18H16O4. The topological polar surface area (TPSA) is 63.6 Å². The van der Waals surface area contributed by atoms with E-state index in [1.807, 2.05) is 25.1 Å². The van der Waals surface area contributed by atoms with Gasteiger partial charge in [0.2, 0.25) is 0 Å². The van der Waals surface area contributed by atoms with Gasteiger partial charge in [-0.25, -0.2) is 0 Å². The Bertz CT molecular complexity index is 777. The third-order valence-electron chi connectivity index (χ3n) is 3.96. The van der Waals surface area contributed by atoms with Crippen molar-refractivity contribution in [2.24, 2.45) is 0 Å². The molecule has 0 aromatic heterocycles. The largest absolute Gasteiger partial charge is 0.481 e. The molecule has 1 aliphatic rings. The molecule has 22 heavy (non-hydrogen) atoms. The summed E-state index contributed by atoms with van der Waals surface area (Å²) in [5.41, 5.74) is 2.97. The van der Waals surface area contributed by atoms with E-state index < -0.39 is 11.9 Å². The molecule has 0 bridgehead atoms. The summed E-state index contributed by atoms with van der Waals surface area (Å²) < 4.78 is 5.85. The number of carboxylic acids is 1. The number of carboxylic acid groups (broad SMARTS) is 1. The van der Waals surface area contributed by atoms with Gasteiger partial charge in [-0.1, -0.05) is 23.8 Å². The van der Waals surface area contributed by atoms with E-state index >= 15 is 0 Å². The molecule has 0 saturated heterocycles. The van der Waals surface area contributed by atoms with Gasteiger partial charge < -0.3 is 9.84 Å². The molecule has 1 heterocycles. The molecule has 1 atom stereocenters. The van der Waals surface area contributed by atoms with Crippen LogP contribution in [0.25, 0.3) is 0 Å². The number of carbonyl (C=O) groups is 2. The number of Topliss-reactive ketones (excluding diaryl/α,β-unsaturated/α-hetero) is 1. The van der Waals surface area contributed by atoms with Crippen molar-refractivity contribution in [1.29, 1.82) is 0 Å². The van der Waals surface area contributed by atoms with Gasteiger partial charge in [0, 0.05) is 12.0 Å². The minimum absolute atomic E-state index is 0.0567. The summed E-state index contributed by atoms with van der Waals surface area (Å²) in [6.45, 7) is 3.57. The molecule has 0 amide bonds. The van der Waals surface area contributed by atoms with E-state index in [0.29, 0.717) is 22.6 Å². The Kier molecular flexibility index (Phi) is 3.45. The van der Waals surface area contributed by atoms with Crippen LogP contribution < -0.4 is 4.74 Å². The maximum absolute atomic E-state index is 12.5. The first-order valence-corrected chi connectivity index (χ1v) is 7.13. The van der Waals surface area contributed by atoms with Gasteiger partial charge >= 0.3 is 5.97 Å². The van der Waals surface area contributed by atoms with Crippen LogP contribution in [-0.4, -0.2) is 16.9 Å². The number of ketones is 1. The van der Waals surface area contributed by atoms with E-state index in [-0.39, 0.29) is 12.2 Å². The lowest BCUT2D eigenvalue weighted by Crippen LogP contribution is -2.09. The zero-order valence-corrected chi connectivity index (χ0v) is 12.4. The van der Waals surface area contributed by atoms with Crippen molar-refractivity contribution in [3.05, 3.63) is 58.7 Å². The van der Waals surface area contributed by atoms with Crippen LogP contribution in [0.3, 0.4) is 0 Å². The Labute approximate surface area is 128 Å². The van der Waals surface area contributed by atoms with Crippen LogP contribution in [0.2, 0.25) is 0 Å². The summed E-state index contributed by atoms with van der Waals surface area (Å²) in [7, 11) is 0. The Balaban J connectivity index is 2.06. The third kappa shape index (κ3) is 2.48. The monoisotopic (exact) mass is 296 g/mol. The first-order chi connectivity index (χ1) is 10.5. The SMILES string of the molecule is Cc1ccc2c(c1)CC(=O)c1cc([C@@H](C)C(=O)O)ccc1O2. The highest BCUT2D eigenvalue weighted by Gasteiger charge is 2.23. The van der Waals surface area contributed by atoms with Crippen molar-refractivity contribution in [3.8, 4) is 11.5 Å². The van der Waals surface area contributed by atoms with Crippen LogP contribution >= 0.6 is 0 Å². The van der Waals surface area contributed by atoms with E-state index in [0.717, 1.165) is 11.1 Å². The molecule has 2 aromatic rings. The predicted molar refractivity (Wildman–Crippen MR) is 81.8 cm³/mol. The molecule has 3 rings (SSSR count). The molecule has 1 aliphatic heterocycles. The summed E-state index contributed by atoms with van der Waals surface area (Å²) in [6, 6.07) is 10.8. The Morgan fingerprint density at radius 1 is 1.18 bits per heavy atom. The lowest BCUT2D eigenvalue weighted by atomic mass is 9.95. The molecular weight excluding hydrogens is 280 g/mol. The number of ether oxygens (including phenoxy) is 1. The highest BCUT2D eigenvalue weighted by atomic mass is 16.5. The van der Waals surface area contributed by atoms with Gasteiger partial charge in [-0.3, -0.25) is 9.59 Å². The second-order valence-electron chi connectivity index (χ2n) is 5.63. The zero-order chi connectivity index (χ0) is 15.9. The molecule has 0 radical (unpaired) electrons. The number of carbonyl (C=O) groups excluding carboxylic acids is 1. The lowest BCUT2D eigenvalue weighted by molar-refractivity contribution is -0.138. The third-order valence-corrected chi connectivity index (χ3v) is 3.96. The summed E-state index contributed by atoms with van der Waals surface area (Å²) in [5, 5.41) is 9.12. The fourth-order valence-corrected chi connectivity index (χ4v) is 2.60. The summed E-state index contributed by atoms with van der Waals surface area (Å²) in [4.78, 5) is 23.6. The summed E-state index contributed by atoms with van der Waals surface area (Å²) in [5.74, 6) is -0.476. The molecule has 0 spiro atoms. The van der Waals surface area contributed by atoms with Gasteiger partial charge in [-0.15, -0.1) is 0 Å². The molecule has 4 heteroatoms. The zero-order valence-electron chi connectivity index (χ0n) is 12.4. The van der Waals surface area contributed by atoms with Crippen LogP contribution in [-0.2, 0) is 11.2 Å². The van der Waals surface area contributed by atoms with Crippen LogP contribution in [0.1, 0.15) is 39.9 Å². The number of benzene rings is 2. The fraction of sp³-hybridized carbons (Fsp3) is 0.222. The van der Waals surface area contributed by atoms with E-state index in [1.165, 1.54) is 0 Å². The minimum atomic E-state index is -0.916. The second kappa shape index (κ2) is 5.30. The molecule has 2 aromatic carbocycles. The molecule has 1 N–H and O–H groups in total. The summed E-state index contributed by atoms with van der Waals surface area (Å²) >= 11 is 0. The van der Waals surface area contributed by atoms with E-state index in [2.05, 4.69) is 0 Å². The van der Waals surface area contributed by atoms with Crippen molar-refractivity contribution in [1.82, 2.24) is 0 Å². The number of hydrogen-bond donors (Lipinski definition) is 1. The number of hydrogen-bond acceptors (Lipinski definition) is 3. The lowest BCUT2D eigenvalue weighted by Gasteiger charge is -2.11. The van der Waals surface area contributed by atoms with Gasteiger partial charge in [-0.2, -0.15) is 0 Å². The van der Waals surface area contributed by atoms with Gasteiger partial charge in [0.1, 0.15) is 11.5 Å². The Morgan fingerprint density at radius 3 is 2.64 bits per heavy atom. The Hall–Kier alpha value is -2.62. The molecule has 0 fully saturated rings. The second-order valence-corrected chi connectivity index (χ2v) is 5.63. The first kappa shape index (κ1) is 14.3.